The molecule has 0 spiro atoms. The van der Waals surface area contributed by atoms with Crippen molar-refractivity contribution in [1.82, 2.24) is 34.9 Å². The van der Waals surface area contributed by atoms with Gasteiger partial charge in [0.2, 0.25) is 0 Å². The van der Waals surface area contributed by atoms with Crippen LogP contribution in [-0.2, 0) is 13.1 Å². The van der Waals surface area contributed by atoms with Crippen molar-refractivity contribution < 1.29 is 4.79 Å². The topological polar surface area (TPSA) is 79.2 Å². The number of nitrogens with zero attached hydrogens (tertiary/aromatic N) is 6. The monoisotopic (exact) mass is 357 g/mol. The number of aromatic nitrogens is 4. The molecule has 8 nitrogen and oxygen atoms in total. The number of aryl methyl sites for hydroxylation is 1. The highest BCUT2D eigenvalue weighted by molar-refractivity contribution is 5.74. The zero-order valence-electron chi connectivity index (χ0n) is 15.5. The summed E-state index contributed by atoms with van der Waals surface area (Å²) in [6.07, 6.45) is 4.54. The Balaban J connectivity index is 1.48. The van der Waals surface area contributed by atoms with E-state index in [1.54, 1.807) is 6.33 Å². The Morgan fingerprint density at radius 3 is 2.77 bits per heavy atom. The average molecular weight is 357 g/mol. The van der Waals surface area contributed by atoms with E-state index in [1.165, 1.54) is 0 Å². The maximum Gasteiger partial charge on any atom is 0.318 e. The number of rotatable bonds is 6. The van der Waals surface area contributed by atoms with E-state index in [9.17, 15) is 4.79 Å². The molecule has 1 N–H and O–H groups in total. The van der Waals surface area contributed by atoms with Crippen molar-refractivity contribution in [1.29, 1.82) is 0 Å². The van der Waals surface area contributed by atoms with Gasteiger partial charge in [0.1, 0.15) is 6.33 Å². The SMILES string of the molecule is CCCn1cnnc1C(C)NC(=O)N1CCN(Cc2ccccn2)CC1. The Bertz CT molecular complexity index is 695. The molecule has 1 aliphatic rings. The molecule has 8 heteroatoms. The van der Waals surface area contributed by atoms with Crippen molar-refractivity contribution in [2.45, 2.75) is 39.4 Å². The summed E-state index contributed by atoms with van der Waals surface area (Å²) in [5.74, 6) is 0.800. The van der Waals surface area contributed by atoms with Gasteiger partial charge >= 0.3 is 6.03 Å². The van der Waals surface area contributed by atoms with Crippen molar-refractivity contribution in [3.05, 3.63) is 42.2 Å². The van der Waals surface area contributed by atoms with Crippen LogP contribution in [0.5, 0.6) is 0 Å². The minimum atomic E-state index is -0.164. The third kappa shape index (κ3) is 4.57. The van der Waals surface area contributed by atoms with E-state index in [-0.39, 0.29) is 12.1 Å². The molecule has 0 aromatic carbocycles. The number of carbonyl (C=O) groups is 1. The van der Waals surface area contributed by atoms with E-state index in [0.717, 1.165) is 44.1 Å². The molecule has 1 aliphatic heterocycles. The molecule has 140 valence electrons. The minimum Gasteiger partial charge on any atom is -0.328 e. The van der Waals surface area contributed by atoms with Crippen molar-refractivity contribution in [2.24, 2.45) is 0 Å². The average Bonchev–Trinajstić information content (AvgIpc) is 3.12. The number of hydrogen-bond donors (Lipinski definition) is 1. The van der Waals surface area contributed by atoms with Gasteiger partial charge in [-0.05, 0) is 25.5 Å². The van der Waals surface area contributed by atoms with Gasteiger partial charge in [-0.3, -0.25) is 9.88 Å². The summed E-state index contributed by atoms with van der Waals surface area (Å²) in [6.45, 7) is 8.87. The first kappa shape index (κ1) is 18.3. The third-order valence-corrected chi connectivity index (χ3v) is 4.61. The Morgan fingerprint density at radius 1 is 1.27 bits per heavy atom. The molecule has 0 radical (unpaired) electrons. The largest absolute Gasteiger partial charge is 0.328 e. The lowest BCUT2D eigenvalue weighted by Crippen LogP contribution is -2.51. The van der Waals surface area contributed by atoms with Gasteiger partial charge in [0.05, 0.1) is 11.7 Å². The number of pyridine rings is 1. The summed E-state index contributed by atoms with van der Waals surface area (Å²) < 4.78 is 2.00. The van der Waals surface area contributed by atoms with Crippen LogP contribution in [0.3, 0.4) is 0 Å². The summed E-state index contributed by atoms with van der Waals surface area (Å²) >= 11 is 0. The number of urea groups is 1. The van der Waals surface area contributed by atoms with Gasteiger partial charge in [-0.15, -0.1) is 10.2 Å². The molecule has 1 atom stereocenters. The van der Waals surface area contributed by atoms with Crippen molar-refractivity contribution in [3.63, 3.8) is 0 Å². The van der Waals surface area contributed by atoms with Crippen molar-refractivity contribution in [3.8, 4) is 0 Å². The second-order valence-electron chi connectivity index (χ2n) is 6.64. The molecule has 2 aromatic rings. The van der Waals surface area contributed by atoms with Gasteiger partial charge in [-0.2, -0.15) is 0 Å². The Kier molecular flexibility index (Phi) is 6.17. The van der Waals surface area contributed by atoms with Crippen LogP contribution in [0, 0.1) is 0 Å². The van der Waals surface area contributed by atoms with Crippen LogP contribution >= 0.6 is 0 Å². The highest BCUT2D eigenvalue weighted by Crippen LogP contribution is 2.12. The predicted octanol–water partition coefficient (Wildman–Crippen LogP) is 1.67. The third-order valence-electron chi connectivity index (χ3n) is 4.61. The van der Waals surface area contributed by atoms with Crippen LogP contribution < -0.4 is 5.32 Å². The fourth-order valence-corrected chi connectivity index (χ4v) is 3.18. The van der Waals surface area contributed by atoms with E-state index in [4.69, 9.17) is 0 Å². The van der Waals surface area contributed by atoms with Gasteiger partial charge in [0, 0.05) is 45.5 Å². The molecule has 26 heavy (non-hydrogen) atoms. The van der Waals surface area contributed by atoms with Gasteiger partial charge in [-0.25, -0.2) is 4.79 Å². The summed E-state index contributed by atoms with van der Waals surface area (Å²) in [4.78, 5) is 21.1. The molecule has 3 heterocycles. The van der Waals surface area contributed by atoms with Gasteiger partial charge in [0.15, 0.2) is 5.82 Å². The standard InChI is InChI=1S/C18H27N7O/c1-3-8-25-14-20-22-17(25)15(2)21-18(26)24-11-9-23(10-12-24)13-16-6-4-5-7-19-16/h4-7,14-15H,3,8-13H2,1-2H3,(H,21,26). The summed E-state index contributed by atoms with van der Waals surface area (Å²) in [7, 11) is 0. The highest BCUT2D eigenvalue weighted by Gasteiger charge is 2.23. The van der Waals surface area contributed by atoms with E-state index >= 15 is 0 Å². The number of amides is 2. The molecule has 0 aliphatic carbocycles. The minimum absolute atomic E-state index is 0.0407. The van der Waals surface area contributed by atoms with E-state index < -0.39 is 0 Å². The number of carbonyl (C=O) groups excluding carboxylic acids is 1. The molecule has 1 unspecified atom stereocenters. The second kappa shape index (κ2) is 8.75. The zero-order valence-corrected chi connectivity index (χ0v) is 15.5. The van der Waals surface area contributed by atoms with Crippen molar-refractivity contribution >= 4 is 6.03 Å². The predicted molar refractivity (Wildman–Crippen MR) is 98.3 cm³/mol. The van der Waals surface area contributed by atoms with Crippen LogP contribution in [0.1, 0.15) is 37.8 Å². The van der Waals surface area contributed by atoms with Gasteiger partial charge in [0.25, 0.3) is 0 Å². The molecule has 2 amide bonds. The zero-order chi connectivity index (χ0) is 18.4. The smallest absolute Gasteiger partial charge is 0.318 e. The summed E-state index contributed by atoms with van der Waals surface area (Å²) in [6, 6.07) is 5.76. The molecular formula is C18H27N7O. The summed E-state index contributed by atoms with van der Waals surface area (Å²) in [5, 5.41) is 11.2. The molecule has 2 aromatic heterocycles. The van der Waals surface area contributed by atoms with E-state index in [0.29, 0.717) is 13.1 Å². The number of piperazine rings is 1. The van der Waals surface area contributed by atoms with Crippen LogP contribution in [0.4, 0.5) is 4.79 Å². The van der Waals surface area contributed by atoms with Crippen molar-refractivity contribution in [2.75, 3.05) is 26.2 Å². The molecule has 1 saturated heterocycles. The lowest BCUT2D eigenvalue weighted by atomic mass is 10.2. The number of nitrogens with one attached hydrogen (secondary N) is 1. The van der Waals surface area contributed by atoms with Crippen LogP contribution in [0.15, 0.2) is 30.7 Å². The van der Waals surface area contributed by atoms with Gasteiger partial charge < -0.3 is 14.8 Å². The second-order valence-corrected chi connectivity index (χ2v) is 6.64. The highest BCUT2D eigenvalue weighted by atomic mass is 16.2. The van der Waals surface area contributed by atoms with Crippen LogP contribution in [-0.4, -0.2) is 61.8 Å². The Hall–Kier alpha value is -2.48. The maximum absolute atomic E-state index is 12.6. The number of hydrogen-bond acceptors (Lipinski definition) is 5. The fraction of sp³-hybridized carbons (Fsp3) is 0.556. The Labute approximate surface area is 154 Å². The normalized spacial score (nSPS) is 16.5. The van der Waals surface area contributed by atoms with Crippen LogP contribution in [0.25, 0.3) is 0 Å². The van der Waals surface area contributed by atoms with Gasteiger partial charge in [-0.1, -0.05) is 13.0 Å². The van der Waals surface area contributed by atoms with E-state index in [1.807, 2.05) is 40.8 Å². The van der Waals surface area contributed by atoms with E-state index in [2.05, 4.69) is 32.3 Å². The molecule has 3 rings (SSSR count). The molecule has 0 saturated carbocycles. The first-order valence-electron chi connectivity index (χ1n) is 9.22. The molecular weight excluding hydrogens is 330 g/mol. The molecule has 1 fully saturated rings. The first-order chi connectivity index (χ1) is 12.7. The quantitative estimate of drug-likeness (QED) is 0.851. The maximum atomic E-state index is 12.6. The first-order valence-corrected chi connectivity index (χ1v) is 9.22. The lowest BCUT2D eigenvalue weighted by Gasteiger charge is -2.35. The Morgan fingerprint density at radius 2 is 2.08 bits per heavy atom. The summed E-state index contributed by atoms with van der Waals surface area (Å²) in [5.41, 5.74) is 1.06. The fourth-order valence-electron chi connectivity index (χ4n) is 3.18. The molecule has 0 bridgehead atoms. The lowest BCUT2D eigenvalue weighted by molar-refractivity contribution is 0.132. The van der Waals surface area contributed by atoms with Crippen LogP contribution in [0.2, 0.25) is 0 Å².